The first kappa shape index (κ1) is 24.2. The van der Waals surface area contributed by atoms with Crippen LogP contribution in [0.4, 0.5) is 17.1 Å². The average molecular weight is 568 g/mol. The quantitative estimate of drug-likeness (QED) is 0.210. The van der Waals surface area contributed by atoms with Gasteiger partial charge in [-0.15, -0.1) is 11.3 Å². The maximum atomic E-state index is 6.35. The summed E-state index contributed by atoms with van der Waals surface area (Å²) in [6.07, 6.45) is 0. The van der Waals surface area contributed by atoms with Gasteiger partial charge in [0.2, 0.25) is 0 Å². The molecule has 3 heteroatoms. The van der Waals surface area contributed by atoms with Gasteiger partial charge in [0.25, 0.3) is 0 Å². The molecule has 7 aromatic carbocycles. The second-order valence-corrected chi connectivity index (χ2v) is 12.0. The topological polar surface area (TPSA) is 16.4 Å². The van der Waals surface area contributed by atoms with E-state index in [4.69, 9.17) is 4.42 Å². The average Bonchev–Trinajstić information content (AvgIpc) is 3.64. The van der Waals surface area contributed by atoms with Crippen molar-refractivity contribution in [1.82, 2.24) is 0 Å². The predicted octanol–water partition coefficient (Wildman–Crippen LogP) is 12.2. The Morgan fingerprint density at radius 1 is 0.419 bits per heavy atom. The van der Waals surface area contributed by atoms with Crippen molar-refractivity contribution in [3.63, 3.8) is 0 Å². The van der Waals surface area contributed by atoms with Gasteiger partial charge >= 0.3 is 0 Å². The first-order valence-corrected chi connectivity index (χ1v) is 15.3. The van der Waals surface area contributed by atoms with Gasteiger partial charge in [-0.2, -0.15) is 0 Å². The molecule has 0 amide bonds. The largest absolute Gasteiger partial charge is 0.456 e. The third-order valence-electron chi connectivity index (χ3n) is 8.46. The fourth-order valence-corrected chi connectivity index (χ4v) is 7.74. The van der Waals surface area contributed by atoms with Crippen molar-refractivity contribution in [1.29, 1.82) is 0 Å². The summed E-state index contributed by atoms with van der Waals surface area (Å²) in [7, 11) is 0. The Labute approximate surface area is 252 Å². The van der Waals surface area contributed by atoms with E-state index in [-0.39, 0.29) is 0 Å². The summed E-state index contributed by atoms with van der Waals surface area (Å²) in [5.41, 5.74) is 7.53. The Bertz CT molecular complexity index is 2450. The van der Waals surface area contributed by atoms with Crippen molar-refractivity contribution >= 4 is 81.3 Å². The summed E-state index contributed by atoms with van der Waals surface area (Å²) in [6.45, 7) is 0. The van der Waals surface area contributed by atoms with Crippen LogP contribution in [0.3, 0.4) is 0 Å². The fraction of sp³-hybridized carbons (Fsp3) is 0. The van der Waals surface area contributed by atoms with E-state index in [1.807, 2.05) is 23.5 Å². The summed E-state index contributed by atoms with van der Waals surface area (Å²) in [4.78, 5) is 2.38. The molecule has 0 saturated heterocycles. The molecular formula is C40H25NOS. The standard InChI is InChI=1S/C40H25NOS/c1-2-9-26(10-3-1)27-17-20-29(21-18-27)41(30-22-24-33-32-13-6-7-16-37(32)42-38(33)25-30)36-15-8-14-34-35-23-19-28-11-4-5-12-31(28)39(35)43-40(34)36/h1-25H. The number of furan rings is 1. The van der Waals surface area contributed by atoms with Gasteiger partial charge in [0.05, 0.1) is 10.4 Å². The summed E-state index contributed by atoms with van der Waals surface area (Å²) in [6, 6.07) is 54.2. The third kappa shape index (κ3) is 3.86. The molecule has 9 aromatic rings. The molecule has 0 bridgehead atoms. The Morgan fingerprint density at radius 3 is 1.95 bits per heavy atom. The molecule has 43 heavy (non-hydrogen) atoms. The third-order valence-corrected chi connectivity index (χ3v) is 9.74. The first-order valence-electron chi connectivity index (χ1n) is 14.5. The van der Waals surface area contributed by atoms with Crippen molar-refractivity contribution < 1.29 is 4.42 Å². The van der Waals surface area contributed by atoms with Crippen molar-refractivity contribution in [2.24, 2.45) is 0 Å². The molecule has 0 aliphatic carbocycles. The lowest BCUT2D eigenvalue weighted by atomic mass is 10.0. The minimum atomic E-state index is 0.888. The molecule has 0 atom stereocenters. The van der Waals surface area contributed by atoms with Crippen LogP contribution in [-0.2, 0) is 0 Å². The van der Waals surface area contributed by atoms with E-state index in [2.05, 4.69) is 144 Å². The number of hydrogen-bond donors (Lipinski definition) is 0. The van der Waals surface area contributed by atoms with Crippen LogP contribution in [0.1, 0.15) is 0 Å². The van der Waals surface area contributed by atoms with Gasteiger partial charge in [-0.1, -0.05) is 109 Å². The van der Waals surface area contributed by atoms with E-state index in [1.165, 1.54) is 42.1 Å². The van der Waals surface area contributed by atoms with E-state index >= 15 is 0 Å². The Hall–Kier alpha value is -5.38. The van der Waals surface area contributed by atoms with E-state index in [0.717, 1.165) is 39.0 Å². The molecule has 0 saturated carbocycles. The van der Waals surface area contributed by atoms with E-state index in [1.54, 1.807) is 0 Å². The maximum absolute atomic E-state index is 6.35. The SMILES string of the molecule is c1ccc(-c2ccc(N(c3ccc4c(c3)oc3ccccc34)c3cccc4c3sc3c5ccccc5ccc43)cc2)cc1. The Kier molecular flexibility index (Phi) is 5.40. The summed E-state index contributed by atoms with van der Waals surface area (Å²) >= 11 is 1.88. The predicted molar refractivity (Wildman–Crippen MR) is 184 cm³/mol. The summed E-state index contributed by atoms with van der Waals surface area (Å²) in [5, 5.41) is 7.42. The van der Waals surface area contributed by atoms with Gasteiger partial charge < -0.3 is 9.32 Å². The zero-order valence-electron chi connectivity index (χ0n) is 23.2. The maximum Gasteiger partial charge on any atom is 0.137 e. The molecule has 2 nitrogen and oxygen atoms in total. The molecule has 9 rings (SSSR count). The Balaban J connectivity index is 1.29. The first-order chi connectivity index (χ1) is 21.3. The molecule has 0 spiro atoms. The number of benzene rings is 7. The Morgan fingerprint density at radius 2 is 1.07 bits per heavy atom. The number of para-hydroxylation sites is 1. The molecule has 202 valence electrons. The van der Waals surface area contributed by atoms with Crippen LogP contribution < -0.4 is 4.90 Å². The summed E-state index contributed by atoms with van der Waals surface area (Å²) in [5.74, 6) is 0. The normalized spacial score (nSPS) is 11.7. The van der Waals surface area contributed by atoms with Crippen molar-refractivity contribution in [3.8, 4) is 11.1 Å². The number of nitrogens with zero attached hydrogens (tertiary/aromatic N) is 1. The number of rotatable bonds is 4. The molecule has 0 N–H and O–H groups in total. The van der Waals surface area contributed by atoms with E-state index in [9.17, 15) is 0 Å². The number of hydrogen-bond acceptors (Lipinski definition) is 3. The zero-order valence-corrected chi connectivity index (χ0v) is 24.0. The van der Waals surface area contributed by atoms with Gasteiger partial charge in [-0.25, -0.2) is 0 Å². The van der Waals surface area contributed by atoms with Gasteiger partial charge in [-0.05, 0) is 58.3 Å². The van der Waals surface area contributed by atoms with Crippen molar-refractivity contribution in [2.75, 3.05) is 4.90 Å². The fourth-order valence-electron chi connectivity index (χ4n) is 6.40. The molecule has 2 aromatic heterocycles. The number of thiophene rings is 1. The second kappa shape index (κ2) is 9.59. The molecule has 0 unspecified atom stereocenters. The number of fused-ring (bicyclic) bond motifs is 8. The molecule has 0 radical (unpaired) electrons. The highest BCUT2D eigenvalue weighted by molar-refractivity contribution is 7.27. The van der Waals surface area contributed by atoms with Crippen LogP contribution in [0.15, 0.2) is 156 Å². The van der Waals surface area contributed by atoms with Crippen LogP contribution in [0.25, 0.3) is 64.0 Å². The lowest BCUT2D eigenvalue weighted by Gasteiger charge is -2.26. The van der Waals surface area contributed by atoms with E-state index in [0.29, 0.717) is 0 Å². The van der Waals surface area contributed by atoms with Gasteiger partial charge in [0.15, 0.2) is 0 Å². The number of anilines is 3. The molecule has 0 aliphatic heterocycles. The van der Waals surface area contributed by atoms with Crippen LogP contribution in [-0.4, -0.2) is 0 Å². The smallest absolute Gasteiger partial charge is 0.137 e. The molecule has 0 aliphatic rings. The molecule has 2 heterocycles. The second-order valence-electron chi connectivity index (χ2n) is 10.9. The highest BCUT2D eigenvalue weighted by Gasteiger charge is 2.20. The van der Waals surface area contributed by atoms with Crippen molar-refractivity contribution in [3.05, 3.63) is 152 Å². The minimum absolute atomic E-state index is 0.888. The van der Waals surface area contributed by atoms with Gasteiger partial charge in [-0.3, -0.25) is 0 Å². The highest BCUT2D eigenvalue weighted by Crippen LogP contribution is 2.47. The lowest BCUT2D eigenvalue weighted by molar-refractivity contribution is 0.669. The minimum Gasteiger partial charge on any atom is -0.456 e. The molecular weight excluding hydrogens is 543 g/mol. The van der Waals surface area contributed by atoms with Crippen LogP contribution >= 0.6 is 11.3 Å². The van der Waals surface area contributed by atoms with Crippen molar-refractivity contribution in [2.45, 2.75) is 0 Å². The monoisotopic (exact) mass is 567 g/mol. The highest BCUT2D eigenvalue weighted by atomic mass is 32.1. The zero-order chi connectivity index (χ0) is 28.3. The van der Waals surface area contributed by atoms with Crippen LogP contribution in [0, 0.1) is 0 Å². The van der Waals surface area contributed by atoms with Gasteiger partial charge in [0.1, 0.15) is 11.2 Å². The molecule has 0 fully saturated rings. The lowest BCUT2D eigenvalue weighted by Crippen LogP contribution is -2.10. The van der Waals surface area contributed by atoms with Gasteiger partial charge in [0, 0.05) is 43.7 Å². The van der Waals surface area contributed by atoms with E-state index < -0.39 is 0 Å². The summed E-state index contributed by atoms with van der Waals surface area (Å²) < 4.78 is 8.95. The van der Waals surface area contributed by atoms with Crippen LogP contribution in [0.5, 0.6) is 0 Å². The van der Waals surface area contributed by atoms with Crippen LogP contribution in [0.2, 0.25) is 0 Å².